The Balaban J connectivity index is 1.86. The van der Waals surface area contributed by atoms with Crippen molar-refractivity contribution in [3.63, 3.8) is 0 Å². The molecule has 126 valence electrons. The Hall–Kier alpha value is -2.54. The summed E-state index contributed by atoms with van der Waals surface area (Å²) in [7, 11) is 0. The molecule has 2 aromatic heterocycles. The molecule has 1 N–H and O–H groups in total. The number of imidazole rings is 1. The lowest BCUT2D eigenvalue weighted by Gasteiger charge is -2.08. The summed E-state index contributed by atoms with van der Waals surface area (Å²) in [4.78, 5) is 7.61. The number of fused-ring (bicyclic) bond motifs is 1. The maximum absolute atomic E-state index is 13.5. The number of aromatic nitrogens is 5. The topological polar surface area (TPSA) is 59.4 Å². The van der Waals surface area contributed by atoms with Gasteiger partial charge in [0, 0.05) is 17.2 Å². The van der Waals surface area contributed by atoms with Crippen LogP contribution in [0.15, 0.2) is 47.2 Å². The van der Waals surface area contributed by atoms with E-state index in [1.807, 2.05) is 22.9 Å². The molecule has 0 aliphatic carbocycles. The van der Waals surface area contributed by atoms with E-state index in [9.17, 15) is 4.39 Å². The van der Waals surface area contributed by atoms with E-state index >= 15 is 0 Å². The first-order valence-corrected chi connectivity index (χ1v) is 8.68. The minimum absolute atomic E-state index is 0.217. The van der Waals surface area contributed by atoms with Gasteiger partial charge in [-0.2, -0.15) is 0 Å². The van der Waals surface area contributed by atoms with Crippen molar-refractivity contribution in [2.75, 3.05) is 0 Å². The second kappa shape index (κ2) is 6.07. The average Bonchev–Trinajstić information content (AvgIpc) is 3.23. The van der Waals surface area contributed by atoms with E-state index in [0.717, 1.165) is 33.5 Å². The van der Waals surface area contributed by atoms with Gasteiger partial charge in [0.05, 0.1) is 27.7 Å². The van der Waals surface area contributed by atoms with Crippen LogP contribution in [-0.2, 0) is 0 Å². The molecule has 0 saturated heterocycles. The van der Waals surface area contributed by atoms with Gasteiger partial charge >= 0.3 is 0 Å². The van der Waals surface area contributed by atoms with Crippen LogP contribution in [-0.4, -0.2) is 25.0 Å². The van der Waals surface area contributed by atoms with Crippen LogP contribution in [0.5, 0.6) is 0 Å². The minimum Gasteiger partial charge on any atom is -0.344 e. The smallest absolute Gasteiger partial charge is 0.137 e. The van der Waals surface area contributed by atoms with Crippen LogP contribution in [0.25, 0.3) is 33.5 Å². The van der Waals surface area contributed by atoms with E-state index in [4.69, 9.17) is 0 Å². The quantitative estimate of drug-likeness (QED) is 0.528. The largest absolute Gasteiger partial charge is 0.344 e. The SMILES string of the molecule is CC(C)n1nnc2ccc(-c3[nH]cnc3-c3ccc(F)c(Br)c3)cc21. The van der Waals surface area contributed by atoms with Gasteiger partial charge in [0.2, 0.25) is 0 Å². The average molecular weight is 400 g/mol. The van der Waals surface area contributed by atoms with E-state index in [2.05, 4.69) is 50.1 Å². The highest BCUT2D eigenvalue weighted by molar-refractivity contribution is 9.10. The van der Waals surface area contributed by atoms with Crippen molar-refractivity contribution in [2.45, 2.75) is 19.9 Å². The Morgan fingerprint density at radius 2 is 1.92 bits per heavy atom. The number of nitrogens with zero attached hydrogens (tertiary/aromatic N) is 4. The maximum atomic E-state index is 13.5. The van der Waals surface area contributed by atoms with Crippen LogP contribution in [0.3, 0.4) is 0 Å². The number of rotatable bonds is 3. The second-order valence-corrected chi connectivity index (χ2v) is 6.94. The molecule has 2 aromatic carbocycles. The number of halogens is 2. The fourth-order valence-corrected chi connectivity index (χ4v) is 3.23. The van der Waals surface area contributed by atoms with E-state index in [0.29, 0.717) is 4.47 Å². The van der Waals surface area contributed by atoms with Crippen molar-refractivity contribution in [3.05, 3.63) is 53.0 Å². The molecular weight excluding hydrogens is 385 g/mol. The van der Waals surface area contributed by atoms with Crippen LogP contribution < -0.4 is 0 Å². The summed E-state index contributed by atoms with van der Waals surface area (Å²) in [5, 5.41) is 8.42. The number of H-pyrrole nitrogens is 1. The Morgan fingerprint density at radius 3 is 2.68 bits per heavy atom. The van der Waals surface area contributed by atoms with Crippen LogP contribution >= 0.6 is 15.9 Å². The molecule has 0 aliphatic heterocycles. The normalized spacial score (nSPS) is 11.6. The van der Waals surface area contributed by atoms with Crippen LogP contribution in [0.4, 0.5) is 4.39 Å². The van der Waals surface area contributed by atoms with Gasteiger partial charge < -0.3 is 4.98 Å². The standard InChI is InChI=1S/C18H15BrFN5/c1-10(2)25-16-8-12(4-6-15(16)23-24-25)18-17(21-9-22-18)11-3-5-14(20)13(19)7-11/h3-10H,1-2H3,(H,21,22). The summed E-state index contributed by atoms with van der Waals surface area (Å²) >= 11 is 3.23. The van der Waals surface area contributed by atoms with Crippen molar-refractivity contribution in [3.8, 4) is 22.5 Å². The molecule has 0 unspecified atom stereocenters. The molecular formula is C18H15BrFN5. The number of benzene rings is 2. The van der Waals surface area contributed by atoms with Crippen LogP contribution in [0, 0.1) is 5.82 Å². The molecule has 5 nitrogen and oxygen atoms in total. The van der Waals surface area contributed by atoms with Crippen molar-refractivity contribution >= 4 is 27.0 Å². The summed E-state index contributed by atoms with van der Waals surface area (Å²) in [5.74, 6) is -0.297. The van der Waals surface area contributed by atoms with Crippen LogP contribution in [0.1, 0.15) is 19.9 Å². The van der Waals surface area contributed by atoms with Gasteiger partial charge in [-0.1, -0.05) is 11.3 Å². The lowest BCUT2D eigenvalue weighted by Crippen LogP contribution is -2.02. The van der Waals surface area contributed by atoms with Crippen molar-refractivity contribution in [1.82, 2.24) is 25.0 Å². The molecule has 2 heterocycles. The molecule has 4 rings (SSSR count). The fourth-order valence-electron chi connectivity index (χ4n) is 2.85. The monoisotopic (exact) mass is 399 g/mol. The first-order valence-electron chi connectivity index (χ1n) is 7.88. The third kappa shape index (κ3) is 2.74. The number of hydrogen-bond donors (Lipinski definition) is 1. The predicted octanol–water partition coefficient (Wildman–Crippen LogP) is 4.97. The lowest BCUT2D eigenvalue weighted by molar-refractivity contribution is 0.530. The summed E-state index contributed by atoms with van der Waals surface area (Å²) < 4.78 is 15.8. The van der Waals surface area contributed by atoms with Gasteiger partial charge in [0.1, 0.15) is 11.3 Å². The van der Waals surface area contributed by atoms with Crippen LogP contribution in [0.2, 0.25) is 0 Å². The summed E-state index contributed by atoms with van der Waals surface area (Å²) in [6, 6.07) is 11.1. The number of aromatic amines is 1. The molecule has 0 fully saturated rings. The molecule has 0 atom stereocenters. The summed E-state index contributed by atoms with van der Waals surface area (Å²) in [6.45, 7) is 4.14. The predicted molar refractivity (Wildman–Crippen MR) is 98.6 cm³/mol. The number of nitrogens with one attached hydrogen (secondary N) is 1. The Morgan fingerprint density at radius 1 is 1.12 bits per heavy atom. The maximum Gasteiger partial charge on any atom is 0.137 e. The van der Waals surface area contributed by atoms with E-state index in [1.54, 1.807) is 18.5 Å². The third-order valence-electron chi connectivity index (χ3n) is 4.08. The van der Waals surface area contributed by atoms with Gasteiger partial charge in [-0.3, -0.25) is 0 Å². The zero-order valence-electron chi connectivity index (χ0n) is 13.7. The van der Waals surface area contributed by atoms with E-state index in [1.165, 1.54) is 6.07 Å². The highest BCUT2D eigenvalue weighted by Gasteiger charge is 2.15. The molecule has 0 radical (unpaired) electrons. The zero-order chi connectivity index (χ0) is 17.6. The van der Waals surface area contributed by atoms with Crippen molar-refractivity contribution < 1.29 is 4.39 Å². The first kappa shape index (κ1) is 16.0. The molecule has 0 saturated carbocycles. The van der Waals surface area contributed by atoms with E-state index in [-0.39, 0.29) is 11.9 Å². The fraction of sp³-hybridized carbons (Fsp3) is 0.167. The van der Waals surface area contributed by atoms with Gasteiger partial charge in [-0.15, -0.1) is 5.10 Å². The molecule has 0 amide bonds. The van der Waals surface area contributed by atoms with Gasteiger partial charge in [-0.05, 0) is 60.1 Å². The highest BCUT2D eigenvalue weighted by Crippen LogP contribution is 2.32. The third-order valence-corrected chi connectivity index (χ3v) is 4.69. The Bertz CT molecular complexity index is 1070. The molecule has 0 bridgehead atoms. The molecule has 0 aliphatic rings. The second-order valence-electron chi connectivity index (χ2n) is 6.09. The lowest BCUT2D eigenvalue weighted by atomic mass is 10.0. The zero-order valence-corrected chi connectivity index (χ0v) is 15.2. The Kier molecular flexibility index (Phi) is 3.88. The van der Waals surface area contributed by atoms with E-state index < -0.39 is 0 Å². The van der Waals surface area contributed by atoms with Crippen molar-refractivity contribution in [1.29, 1.82) is 0 Å². The molecule has 7 heteroatoms. The van der Waals surface area contributed by atoms with Gasteiger partial charge in [-0.25, -0.2) is 14.1 Å². The number of hydrogen-bond acceptors (Lipinski definition) is 3. The van der Waals surface area contributed by atoms with Gasteiger partial charge in [0.25, 0.3) is 0 Å². The summed E-state index contributed by atoms with van der Waals surface area (Å²) in [6.07, 6.45) is 1.64. The molecule has 0 spiro atoms. The van der Waals surface area contributed by atoms with Crippen molar-refractivity contribution in [2.24, 2.45) is 0 Å². The first-order chi connectivity index (χ1) is 12.0. The molecule has 25 heavy (non-hydrogen) atoms. The summed E-state index contributed by atoms with van der Waals surface area (Å²) in [5.41, 5.74) is 5.27. The highest BCUT2D eigenvalue weighted by atomic mass is 79.9. The Labute approximate surface area is 152 Å². The molecule has 4 aromatic rings. The van der Waals surface area contributed by atoms with Gasteiger partial charge in [0.15, 0.2) is 0 Å². The minimum atomic E-state index is -0.297.